The minimum atomic E-state index is -0.0535. The minimum absolute atomic E-state index is 0.00100. The molecule has 23 heavy (non-hydrogen) atoms. The smallest absolute Gasteiger partial charge is 0.260 e. The number of methoxy groups -OCH3 is 1. The molecule has 0 atom stereocenters. The van der Waals surface area contributed by atoms with Crippen LogP contribution < -0.4 is 14.8 Å². The van der Waals surface area contributed by atoms with E-state index in [1.165, 1.54) is 0 Å². The summed E-state index contributed by atoms with van der Waals surface area (Å²) in [4.78, 5) is 25.8. The van der Waals surface area contributed by atoms with Crippen molar-refractivity contribution in [2.24, 2.45) is 5.92 Å². The second-order valence-corrected chi connectivity index (χ2v) is 5.52. The van der Waals surface area contributed by atoms with Gasteiger partial charge in [-0.2, -0.15) is 0 Å². The van der Waals surface area contributed by atoms with E-state index in [-0.39, 0.29) is 24.3 Å². The van der Waals surface area contributed by atoms with Gasteiger partial charge >= 0.3 is 0 Å². The third-order valence-electron chi connectivity index (χ3n) is 3.97. The summed E-state index contributed by atoms with van der Waals surface area (Å²) in [6.45, 7) is 3.75. The van der Waals surface area contributed by atoms with Gasteiger partial charge in [-0.3, -0.25) is 9.59 Å². The molecule has 0 spiro atoms. The number of rotatable bonds is 6. The molecular formula is C17H24N2O4. The van der Waals surface area contributed by atoms with Crippen molar-refractivity contribution < 1.29 is 19.1 Å². The minimum Gasteiger partial charge on any atom is -0.497 e. The predicted octanol–water partition coefficient (Wildman–Crippen LogP) is 1.45. The first-order chi connectivity index (χ1) is 11.1. The fourth-order valence-corrected chi connectivity index (χ4v) is 2.64. The molecule has 1 fully saturated rings. The molecule has 1 aromatic rings. The molecule has 2 amide bonds. The first kappa shape index (κ1) is 17.1. The summed E-state index contributed by atoms with van der Waals surface area (Å²) >= 11 is 0. The van der Waals surface area contributed by atoms with Crippen molar-refractivity contribution in [1.82, 2.24) is 10.2 Å². The monoisotopic (exact) mass is 320 g/mol. The van der Waals surface area contributed by atoms with Crippen molar-refractivity contribution in [1.29, 1.82) is 0 Å². The highest BCUT2D eigenvalue weighted by molar-refractivity contribution is 5.80. The number of piperidine rings is 1. The van der Waals surface area contributed by atoms with E-state index in [0.717, 1.165) is 0 Å². The van der Waals surface area contributed by atoms with Crippen LogP contribution in [0.4, 0.5) is 0 Å². The number of amides is 2. The topological polar surface area (TPSA) is 67.9 Å². The maximum atomic E-state index is 12.2. The van der Waals surface area contributed by atoms with Gasteiger partial charge in [-0.25, -0.2) is 0 Å². The van der Waals surface area contributed by atoms with E-state index >= 15 is 0 Å². The van der Waals surface area contributed by atoms with Crippen LogP contribution in [0, 0.1) is 5.92 Å². The van der Waals surface area contributed by atoms with Gasteiger partial charge in [0.15, 0.2) is 6.61 Å². The molecule has 126 valence electrons. The Bertz CT molecular complexity index is 539. The number of nitrogens with zero attached hydrogens (tertiary/aromatic N) is 1. The molecule has 1 heterocycles. The number of hydrogen-bond donors (Lipinski definition) is 1. The van der Waals surface area contributed by atoms with Crippen molar-refractivity contribution in [3.8, 4) is 11.5 Å². The summed E-state index contributed by atoms with van der Waals surface area (Å²) in [5, 5.41) is 2.84. The normalized spacial score (nSPS) is 15.1. The van der Waals surface area contributed by atoms with Crippen LogP contribution in [0.3, 0.4) is 0 Å². The Balaban J connectivity index is 1.77. The van der Waals surface area contributed by atoms with E-state index < -0.39 is 0 Å². The molecule has 6 heteroatoms. The standard InChI is InChI=1S/C17H24N2O4/c1-3-18-17(21)13-7-9-19(10-8-13)16(20)12-23-15-6-4-5-14(11-15)22-2/h4-6,11,13H,3,7-10,12H2,1-2H3,(H,18,21). The van der Waals surface area contributed by atoms with Crippen LogP contribution in [0.25, 0.3) is 0 Å². The number of carbonyl (C=O) groups is 2. The van der Waals surface area contributed by atoms with Crippen LogP contribution in [0.5, 0.6) is 11.5 Å². The zero-order valence-electron chi connectivity index (χ0n) is 13.7. The predicted molar refractivity (Wildman–Crippen MR) is 86.5 cm³/mol. The van der Waals surface area contributed by atoms with Crippen LogP contribution in [-0.2, 0) is 9.59 Å². The highest BCUT2D eigenvalue weighted by atomic mass is 16.5. The fourth-order valence-electron chi connectivity index (χ4n) is 2.64. The SMILES string of the molecule is CCNC(=O)C1CCN(C(=O)COc2cccc(OC)c2)CC1. The van der Waals surface area contributed by atoms with Crippen molar-refractivity contribution >= 4 is 11.8 Å². The lowest BCUT2D eigenvalue weighted by Gasteiger charge is -2.31. The van der Waals surface area contributed by atoms with Gasteiger partial charge in [0.2, 0.25) is 5.91 Å². The summed E-state index contributed by atoms with van der Waals surface area (Å²) in [5.41, 5.74) is 0. The highest BCUT2D eigenvalue weighted by Crippen LogP contribution is 2.20. The van der Waals surface area contributed by atoms with E-state index in [0.29, 0.717) is 44.0 Å². The first-order valence-corrected chi connectivity index (χ1v) is 7.96. The Morgan fingerprint density at radius 2 is 1.96 bits per heavy atom. The van der Waals surface area contributed by atoms with Gasteiger partial charge < -0.3 is 19.7 Å². The third-order valence-corrected chi connectivity index (χ3v) is 3.97. The summed E-state index contributed by atoms with van der Waals surface area (Å²) in [7, 11) is 1.59. The van der Waals surface area contributed by atoms with Crippen molar-refractivity contribution in [3.05, 3.63) is 24.3 Å². The summed E-state index contributed by atoms with van der Waals surface area (Å²) in [6.07, 6.45) is 1.41. The van der Waals surface area contributed by atoms with E-state index in [9.17, 15) is 9.59 Å². The quantitative estimate of drug-likeness (QED) is 0.861. The highest BCUT2D eigenvalue weighted by Gasteiger charge is 2.27. The second-order valence-electron chi connectivity index (χ2n) is 5.52. The second kappa shape index (κ2) is 8.41. The average molecular weight is 320 g/mol. The Hall–Kier alpha value is -2.24. The zero-order chi connectivity index (χ0) is 16.7. The van der Waals surface area contributed by atoms with Gasteiger partial charge in [-0.05, 0) is 31.9 Å². The van der Waals surface area contributed by atoms with Gasteiger partial charge in [0, 0.05) is 31.6 Å². The molecule has 0 aromatic heterocycles. The Labute approximate surface area is 136 Å². The van der Waals surface area contributed by atoms with E-state index in [1.54, 1.807) is 24.1 Å². The molecule has 0 aliphatic carbocycles. The lowest BCUT2D eigenvalue weighted by Crippen LogP contribution is -2.44. The number of benzene rings is 1. The van der Waals surface area contributed by atoms with Crippen LogP contribution in [-0.4, -0.2) is 50.1 Å². The number of ether oxygens (including phenoxy) is 2. The Morgan fingerprint density at radius 3 is 2.61 bits per heavy atom. The molecule has 6 nitrogen and oxygen atoms in total. The van der Waals surface area contributed by atoms with Gasteiger partial charge in [0.25, 0.3) is 5.91 Å². The van der Waals surface area contributed by atoms with Gasteiger partial charge in [0.05, 0.1) is 7.11 Å². The summed E-state index contributed by atoms with van der Waals surface area (Å²) in [6, 6.07) is 7.17. The molecule has 1 N–H and O–H groups in total. The Morgan fingerprint density at radius 1 is 1.26 bits per heavy atom. The summed E-state index contributed by atoms with van der Waals surface area (Å²) in [5.74, 6) is 1.35. The van der Waals surface area contributed by atoms with Gasteiger partial charge in [0.1, 0.15) is 11.5 Å². The number of nitrogens with one attached hydrogen (secondary N) is 1. The molecule has 1 saturated heterocycles. The maximum absolute atomic E-state index is 12.2. The molecule has 0 saturated carbocycles. The molecule has 1 aromatic carbocycles. The van der Waals surface area contributed by atoms with Crippen LogP contribution in [0.2, 0.25) is 0 Å². The molecule has 1 aliphatic rings. The lowest BCUT2D eigenvalue weighted by atomic mass is 9.96. The van der Waals surface area contributed by atoms with E-state index in [4.69, 9.17) is 9.47 Å². The van der Waals surface area contributed by atoms with Crippen molar-refractivity contribution in [3.63, 3.8) is 0 Å². The lowest BCUT2D eigenvalue weighted by molar-refractivity contribution is -0.137. The van der Waals surface area contributed by atoms with Crippen LogP contribution >= 0.6 is 0 Å². The van der Waals surface area contributed by atoms with Gasteiger partial charge in [-0.1, -0.05) is 6.07 Å². The third kappa shape index (κ3) is 4.87. The van der Waals surface area contributed by atoms with Gasteiger partial charge in [-0.15, -0.1) is 0 Å². The maximum Gasteiger partial charge on any atom is 0.260 e. The fraction of sp³-hybridized carbons (Fsp3) is 0.529. The average Bonchev–Trinajstić information content (AvgIpc) is 2.60. The van der Waals surface area contributed by atoms with Crippen LogP contribution in [0.1, 0.15) is 19.8 Å². The largest absolute Gasteiger partial charge is 0.497 e. The number of carbonyl (C=O) groups excluding carboxylic acids is 2. The van der Waals surface area contributed by atoms with Crippen LogP contribution in [0.15, 0.2) is 24.3 Å². The van der Waals surface area contributed by atoms with E-state index in [1.807, 2.05) is 19.1 Å². The molecule has 0 radical (unpaired) electrons. The first-order valence-electron chi connectivity index (χ1n) is 7.96. The summed E-state index contributed by atoms with van der Waals surface area (Å²) < 4.78 is 10.6. The zero-order valence-corrected chi connectivity index (χ0v) is 13.7. The number of likely N-dealkylation sites (tertiary alicyclic amines) is 1. The van der Waals surface area contributed by atoms with Crippen molar-refractivity contribution in [2.45, 2.75) is 19.8 Å². The molecule has 0 bridgehead atoms. The molecular weight excluding hydrogens is 296 g/mol. The number of hydrogen-bond acceptors (Lipinski definition) is 4. The van der Waals surface area contributed by atoms with Crippen molar-refractivity contribution in [2.75, 3.05) is 33.4 Å². The molecule has 1 aliphatic heterocycles. The molecule has 2 rings (SSSR count). The molecule has 0 unspecified atom stereocenters. The Kier molecular flexibility index (Phi) is 6.26. The van der Waals surface area contributed by atoms with E-state index in [2.05, 4.69) is 5.32 Å².